The average Bonchev–Trinajstić information content (AvgIpc) is 3.17. The largest absolute Gasteiger partial charge is 0.457 e. The van der Waals surface area contributed by atoms with E-state index < -0.39 is 5.97 Å². The maximum Gasteiger partial charge on any atom is 0.338 e. The van der Waals surface area contributed by atoms with Crippen LogP contribution < -0.4 is 0 Å². The highest BCUT2D eigenvalue weighted by molar-refractivity contribution is 5.89. The quantitative estimate of drug-likeness (QED) is 0.687. The summed E-state index contributed by atoms with van der Waals surface area (Å²) in [6.07, 6.45) is 3.04. The van der Waals surface area contributed by atoms with Crippen LogP contribution in [-0.2, 0) is 11.3 Å². The maximum absolute atomic E-state index is 12.1. The molecule has 0 aliphatic carbocycles. The number of rotatable bonds is 4. The zero-order chi connectivity index (χ0) is 15.5. The molecule has 0 radical (unpaired) electrons. The summed E-state index contributed by atoms with van der Waals surface area (Å²) < 4.78 is 11.9. The van der Waals surface area contributed by atoms with Gasteiger partial charge in [0.25, 0.3) is 0 Å². The van der Waals surface area contributed by atoms with Crippen molar-refractivity contribution < 1.29 is 14.1 Å². The SMILES string of the molecule is Cc1noc(C)c1COC(=O)c1ccc(-n2cncn2)cc1. The topological polar surface area (TPSA) is 83.0 Å². The van der Waals surface area contributed by atoms with E-state index in [0.717, 1.165) is 16.9 Å². The van der Waals surface area contributed by atoms with Crippen LogP contribution in [0, 0.1) is 13.8 Å². The first-order valence-electron chi connectivity index (χ1n) is 6.69. The van der Waals surface area contributed by atoms with Crippen molar-refractivity contribution in [2.24, 2.45) is 0 Å². The second-order valence-electron chi connectivity index (χ2n) is 4.77. The lowest BCUT2D eigenvalue weighted by molar-refractivity contribution is 0.0471. The molecule has 0 spiro atoms. The second kappa shape index (κ2) is 5.80. The fourth-order valence-corrected chi connectivity index (χ4v) is 2.02. The van der Waals surface area contributed by atoms with Crippen molar-refractivity contribution in [1.82, 2.24) is 19.9 Å². The molecule has 3 aromatic rings. The molecule has 0 aliphatic heterocycles. The molecule has 2 aromatic heterocycles. The molecular formula is C15H14N4O3. The van der Waals surface area contributed by atoms with Gasteiger partial charge >= 0.3 is 5.97 Å². The van der Waals surface area contributed by atoms with E-state index in [-0.39, 0.29) is 6.61 Å². The highest BCUT2D eigenvalue weighted by Gasteiger charge is 2.13. The summed E-state index contributed by atoms with van der Waals surface area (Å²) in [7, 11) is 0. The van der Waals surface area contributed by atoms with Crippen molar-refractivity contribution in [2.45, 2.75) is 20.5 Å². The van der Waals surface area contributed by atoms with Gasteiger partial charge in [0.1, 0.15) is 25.0 Å². The molecule has 0 bridgehead atoms. The molecule has 0 fully saturated rings. The van der Waals surface area contributed by atoms with E-state index in [1.165, 1.54) is 6.33 Å². The number of ether oxygens (including phenoxy) is 1. The Bertz CT molecular complexity index is 756. The van der Waals surface area contributed by atoms with Crippen molar-refractivity contribution in [1.29, 1.82) is 0 Å². The Morgan fingerprint density at radius 1 is 1.27 bits per heavy atom. The number of carbonyl (C=O) groups excluding carboxylic acids is 1. The Hall–Kier alpha value is -2.96. The molecule has 1 aromatic carbocycles. The van der Waals surface area contributed by atoms with Gasteiger partial charge in [-0.15, -0.1) is 0 Å². The van der Waals surface area contributed by atoms with E-state index in [9.17, 15) is 4.79 Å². The molecule has 0 atom stereocenters. The smallest absolute Gasteiger partial charge is 0.338 e. The molecule has 112 valence electrons. The number of benzene rings is 1. The molecule has 0 aliphatic rings. The van der Waals surface area contributed by atoms with E-state index in [1.54, 1.807) is 42.2 Å². The Morgan fingerprint density at radius 2 is 2.05 bits per heavy atom. The molecule has 0 saturated carbocycles. The summed E-state index contributed by atoms with van der Waals surface area (Å²) in [5.74, 6) is 0.261. The molecule has 22 heavy (non-hydrogen) atoms. The first kappa shape index (κ1) is 14.0. The van der Waals surface area contributed by atoms with E-state index in [0.29, 0.717) is 11.3 Å². The van der Waals surface area contributed by atoms with Crippen LogP contribution in [0.2, 0.25) is 0 Å². The number of esters is 1. The van der Waals surface area contributed by atoms with E-state index in [4.69, 9.17) is 9.26 Å². The van der Waals surface area contributed by atoms with Crippen LogP contribution in [0.4, 0.5) is 0 Å². The molecule has 0 unspecified atom stereocenters. The van der Waals surface area contributed by atoms with Gasteiger partial charge in [0, 0.05) is 0 Å². The lowest BCUT2D eigenvalue weighted by atomic mass is 10.2. The molecule has 0 saturated heterocycles. The van der Waals surface area contributed by atoms with Crippen molar-refractivity contribution in [3.8, 4) is 5.69 Å². The van der Waals surface area contributed by atoms with Gasteiger partial charge in [-0.05, 0) is 38.1 Å². The number of carbonyl (C=O) groups is 1. The number of hydrogen-bond acceptors (Lipinski definition) is 6. The van der Waals surface area contributed by atoms with Crippen LogP contribution in [-0.4, -0.2) is 25.9 Å². The summed E-state index contributed by atoms with van der Waals surface area (Å²) >= 11 is 0. The lowest BCUT2D eigenvalue weighted by Gasteiger charge is -2.05. The van der Waals surface area contributed by atoms with Crippen LogP contribution in [0.1, 0.15) is 27.4 Å². The number of aromatic nitrogens is 4. The van der Waals surface area contributed by atoms with Crippen LogP contribution in [0.25, 0.3) is 5.69 Å². The van der Waals surface area contributed by atoms with Crippen molar-refractivity contribution in [3.63, 3.8) is 0 Å². The molecule has 0 amide bonds. The van der Waals surface area contributed by atoms with Crippen LogP contribution in [0.3, 0.4) is 0 Å². The fraction of sp³-hybridized carbons (Fsp3) is 0.200. The maximum atomic E-state index is 12.1. The van der Waals surface area contributed by atoms with E-state index >= 15 is 0 Å². The summed E-state index contributed by atoms with van der Waals surface area (Å²) in [6, 6.07) is 6.93. The molecular weight excluding hydrogens is 284 g/mol. The van der Waals surface area contributed by atoms with Gasteiger partial charge in [-0.2, -0.15) is 5.10 Å². The highest BCUT2D eigenvalue weighted by Crippen LogP contribution is 2.15. The number of hydrogen-bond donors (Lipinski definition) is 0. The summed E-state index contributed by atoms with van der Waals surface area (Å²) in [5, 5.41) is 7.85. The van der Waals surface area contributed by atoms with Gasteiger partial charge in [-0.25, -0.2) is 14.5 Å². The normalized spacial score (nSPS) is 10.6. The zero-order valence-electron chi connectivity index (χ0n) is 12.2. The third-order valence-electron chi connectivity index (χ3n) is 3.32. The van der Waals surface area contributed by atoms with Crippen LogP contribution in [0.15, 0.2) is 41.4 Å². The lowest BCUT2D eigenvalue weighted by Crippen LogP contribution is -2.06. The highest BCUT2D eigenvalue weighted by atomic mass is 16.5. The number of aryl methyl sites for hydroxylation is 2. The van der Waals surface area contributed by atoms with Gasteiger partial charge in [-0.1, -0.05) is 5.16 Å². The average molecular weight is 298 g/mol. The minimum absolute atomic E-state index is 0.144. The molecule has 2 heterocycles. The van der Waals surface area contributed by atoms with Crippen LogP contribution >= 0.6 is 0 Å². The van der Waals surface area contributed by atoms with Crippen molar-refractivity contribution in [3.05, 3.63) is 59.5 Å². The third-order valence-corrected chi connectivity index (χ3v) is 3.32. The Kier molecular flexibility index (Phi) is 3.69. The first-order chi connectivity index (χ1) is 10.6. The Balaban J connectivity index is 1.68. The molecule has 3 rings (SSSR count). The van der Waals surface area contributed by atoms with Crippen LogP contribution in [0.5, 0.6) is 0 Å². The van der Waals surface area contributed by atoms with Gasteiger partial charge < -0.3 is 9.26 Å². The van der Waals surface area contributed by atoms with Crippen molar-refractivity contribution in [2.75, 3.05) is 0 Å². The Morgan fingerprint density at radius 3 is 2.64 bits per heavy atom. The van der Waals surface area contributed by atoms with Gasteiger partial charge in [-0.3, -0.25) is 0 Å². The van der Waals surface area contributed by atoms with Gasteiger partial charge in [0.15, 0.2) is 0 Å². The molecule has 7 nitrogen and oxygen atoms in total. The summed E-state index contributed by atoms with van der Waals surface area (Å²) in [5.41, 5.74) is 2.81. The van der Waals surface area contributed by atoms with E-state index in [1.807, 2.05) is 6.92 Å². The predicted molar refractivity (Wildman–Crippen MR) is 76.5 cm³/mol. The van der Waals surface area contributed by atoms with E-state index in [2.05, 4.69) is 15.2 Å². The minimum Gasteiger partial charge on any atom is -0.457 e. The monoisotopic (exact) mass is 298 g/mol. The zero-order valence-corrected chi connectivity index (χ0v) is 12.2. The van der Waals surface area contributed by atoms with Gasteiger partial charge in [0.05, 0.1) is 22.5 Å². The standard InChI is InChI=1S/C15H14N4O3/c1-10-14(11(2)22-18-10)7-21-15(20)12-3-5-13(6-4-12)19-9-16-8-17-19/h3-6,8-9H,7H2,1-2H3. The Labute approximate surface area is 126 Å². The summed E-state index contributed by atoms with van der Waals surface area (Å²) in [6.45, 7) is 3.74. The van der Waals surface area contributed by atoms with Gasteiger partial charge in [0.2, 0.25) is 0 Å². The molecule has 0 N–H and O–H groups in total. The second-order valence-corrected chi connectivity index (χ2v) is 4.77. The number of nitrogens with zero attached hydrogens (tertiary/aromatic N) is 4. The summed E-state index contributed by atoms with van der Waals surface area (Å²) in [4.78, 5) is 15.9. The minimum atomic E-state index is -0.398. The third kappa shape index (κ3) is 2.73. The first-order valence-corrected chi connectivity index (χ1v) is 6.69. The fourth-order valence-electron chi connectivity index (χ4n) is 2.02. The van der Waals surface area contributed by atoms with Crippen molar-refractivity contribution >= 4 is 5.97 Å². The predicted octanol–water partition coefficient (Wildman–Crippen LogP) is 2.23. The molecule has 7 heteroatoms.